The van der Waals surface area contributed by atoms with E-state index in [9.17, 15) is 4.79 Å². The number of hydrogen-bond donors (Lipinski definition) is 2. The normalized spacial score (nSPS) is 20.0. The number of carbonyl (C=O) groups is 1. The molecular weight excluding hydrogens is 182 g/mol. The SMILES string of the molecule is CC(CN)NC(=O)N1CCCOCC1. The second-order valence-corrected chi connectivity index (χ2v) is 3.54. The molecule has 0 aliphatic carbocycles. The van der Waals surface area contributed by atoms with Gasteiger partial charge in [0.15, 0.2) is 0 Å². The fraction of sp³-hybridized carbons (Fsp3) is 0.889. The first-order valence-corrected chi connectivity index (χ1v) is 5.07. The summed E-state index contributed by atoms with van der Waals surface area (Å²) in [5.41, 5.74) is 5.42. The molecule has 1 atom stereocenters. The van der Waals surface area contributed by atoms with E-state index in [-0.39, 0.29) is 12.1 Å². The molecule has 0 saturated carbocycles. The van der Waals surface area contributed by atoms with Gasteiger partial charge in [0.25, 0.3) is 0 Å². The van der Waals surface area contributed by atoms with E-state index >= 15 is 0 Å². The maximum atomic E-state index is 11.6. The van der Waals surface area contributed by atoms with Gasteiger partial charge in [-0.1, -0.05) is 0 Å². The summed E-state index contributed by atoms with van der Waals surface area (Å²) < 4.78 is 5.26. The molecule has 1 saturated heterocycles. The van der Waals surface area contributed by atoms with Crippen LogP contribution in [0.3, 0.4) is 0 Å². The molecular formula is C9H19N3O2. The summed E-state index contributed by atoms with van der Waals surface area (Å²) >= 11 is 0. The third-order valence-electron chi connectivity index (χ3n) is 2.23. The van der Waals surface area contributed by atoms with Crippen LogP contribution in [0.4, 0.5) is 4.79 Å². The van der Waals surface area contributed by atoms with E-state index in [1.807, 2.05) is 6.92 Å². The van der Waals surface area contributed by atoms with Crippen molar-refractivity contribution in [1.82, 2.24) is 10.2 Å². The second-order valence-electron chi connectivity index (χ2n) is 3.54. The Labute approximate surface area is 84.6 Å². The first-order chi connectivity index (χ1) is 6.74. The van der Waals surface area contributed by atoms with Crippen LogP contribution in [0.25, 0.3) is 0 Å². The summed E-state index contributed by atoms with van der Waals surface area (Å²) in [6.45, 7) is 5.18. The minimum Gasteiger partial charge on any atom is -0.380 e. The fourth-order valence-corrected chi connectivity index (χ4v) is 1.31. The zero-order valence-electron chi connectivity index (χ0n) is 8.66. The first kappa shape index (κ1) is 11.3. The number of carbonyl (C=O) groups excluding carboxylic acids is 1. The van der Waals surface area contributed by atoms with Crippen molar-refractivity contribution in [1.29, 1.82) is 0 Å². The molecule has 1 aliphatic heterocycles. The fourth-order valence-electron chi connectivity index (χ4n) is 1.31. The van der Waals surface area contributed by atoms with Crippen molar-refractivity contribution >= 4 is 6.03 Å². The van der Waals surface area contributed by atoms with E-state index in [0.29, 0.717) is 19.7 Å². The van der Waals surface area contributed by atoms with Crippen LogP contribution < -0.4 is 11.1 Å². The summed E-state index contributed by atoms with van der Waals surface area (Å²) in [6, 6.07) is 0.000112. The Kier molecular flexibility index (Phi) is 4.69. The van der Waals surface area contributed by atoms with Gasteiger partial charge >= 0.3 is 6.03 Å². The number of urea groups is 1. The number of nitrogens with zero attached hydrogens (tertiary/aromatic N) is 1. The van der Waals surface area contributed by atoms with Gasteiger partial charge in [0.05, 0.1) is 6.61 Å². The standard InChI is InChI=1S/C9H19N3O2/c1-8(7-10)11-9(13)12-3-2-5-14-6-4-12/h8H,2-7,10H2,1H3,(H,11,13). The average Bonchev–Trinajstić information content (AvgIpc) is 2.45. The number of rotatable bonds is 2. The predicted molar refractivity (Wildman–Crippen MR) is 54.1 cm³/mol. The van der Waals surface area contributed by atoms with Crippen LogP contribution >= 0.6 is 0 Å². The smallest absolute Gasteiger partial charge is 0.317 e. The van der Waals surface area contributed by atoms with Gasteiger partial charge in [-0.15, -0.1) is 0 Å². The van der Waals surface area contributed by atoms with Crippen LogP contribution in [-0.2, 0) is 4.74 Å². The molecule has 3 N–H and O–H groups in total. The lowest BCUT2D eigenvalue weighted by Crippen LogP contribution is -2.47. The molecule has 5 heteroatoms. The zero-order valence-corrected chi connectivity index (χ0v) is 8.66. The minimum absolute atomic E-state index is 0.0338. The Morgan fingerprint density at radius 3 is 3.07 bits per heavy atom. The largest absolute Gasteiger partial charge is 0.380 e. The van der Waals surface area contributed by atoms with Crippen LogP contribution in [0.5, 0.6) is 0 Å². The lowest BCUT2D eigenvalue weighted by molar-refractivity contribution is 0.142. The van der Waals surface area contributed by atoms with Gasteiger partial charge in [0.2, 0.25) is 0 Å². The van der Waals surface area contributed by atoms with Crippen molar-refractivity contribution in [3.8, 4) is 0 Å². The number of hydrogen-bond acceptors (Lipinski definition) is 3. The molecule has 0 aromatic heterocycles. The molecule has 1 rings (SSSR count). The van der Waals surface area contributed by atoms with Crippen LogP contribution in [0.2, 0.25) is 0 Å². The monoisotopic (exact) mass is 201 g/mol. The van der Waals surface area contributed by atoms with Crippen molar-refractivity contribution < 1.29 is 9.53 Å². The summed E-state index contributed by atoms with van der Waals surface area (Å²) in [6.07, 6.45) is 0.907. The lowest BCUT2D eigenvalue weighted by atomic mass is 10.3. The molecule has 0 spiro atoms. The second kappa shape index (κ2) is 5.82. The molecule has 1 fully saturated rings. The molecule has 1 aliphatic rings. The number of nitrogens with one attached hydrogen (secondary N) is 1. The molecule has 1 unspecified atom stereocenters. The quantitative estimate of drug-likeness (QED) is 0.648. The Hall–Kier alpha value is -0.810. The number of ether oxygens (including phenoxy) is 1. The van der Waals surface area contributed by atoms with Crippen LogP contribution in [0.1, 0.15) is 13.3 Å². The summed E-state index contributed by atoms with van der Waals surface area (Å²) in [7, 11) is 0. The van der Waals surface area contributed by atoms with Gasteiger partial charge in [-0.05, 0) is 13.3 Å². The first-order valence-electron chi connectivity index (χ1n) is 5.07. The molecule has 0 radical (unpaired) electrons. The van der Waals surface area contributed by atoms with Crippen molar-refractivity contribution in [2.24, 2.45) is 5.73 Å². The number of nitrogens with two attached hydrogens (primary N) is 1. The van der Waals surface area contributed by atoms with Crippen molar-refractivity contribution in [2.75, 3.05) is 32.8 Å². The Balaban J connectivity index is 2.34. The average molecular weight is 201 g/mol. The Bertz CT molecular complexity index is 179. The molecule has 5 nitrogen and oxygen atoms in total. The highest BCUT2D eigenvalue weighted by atomic mass is 16.5. The summed E-state index contributed by atoms with van der Waals surface area (Å²) in [5, 5.41) is 2.83. The van der Waals surface area contributed by atoms with Crippen LogP contribution in [0, 0.1) is 0 Å². The third-order valence-corrected chi connectivity index (χ3v) is 2.23. The van der Waals surface area contributed by atoms with Crippen molar-refractivity contribution in [3.05, 3.63) is 0 Å². The van der Waals surface area contributed by atoms with Gasteiger partial charge in [-0.2, -0.15) is 0 Å². The van der Waals surface area contributed by atoms with Gasteiger partial charge in [0.1, 0.15) is 0 Å². The number of amides is 2. The Morgan fingerprint density at radius 2 is 2.36 bits per heavy atom. The van der Waals surface area contributed by atoms with E-state index in [0.717, 1.165) is 19.6 Å². The molecule has 0 bridgehead atoms. The lowest BCUT2D eigenvalue weighted by Gasteiger charge is -2.22. The summed E-state index contributed by atoms with van der Waals surface area (Å²) in [4.78, 5) is 13.4. The highest BCUT2D eigenvalue weighted by molar-refractivity contribution is 5.74. The minimum atomic E-state index is -0.0338. The molecule has 2 amide bonds. The maximum absolute atomic E-state index is 11.6. The van der Waals surface area contributed by atoms with Gasteiger partial charge < -0.3 is 20.7 Å². The third kappa shape index (κ3) is 3.51. The van der Waals surface area contributed by atoms with E-state index in [1.54, 1.807) is 4.90 Å². The zero-order chi connectivity index (χ0) is 10.4. The molecule has 14 heavy (non-hydrogen) atoms. The van der Waals surface area contributed by atoms with Gasteiger partial charge in [0, 0.05) is 32.3 Å². The Morgan fingerprint density at radius 1 is 1.57 bits per heavy atom. The topological polar surface area (TPSA) is 67.6 Å². The molecule has 1 heterocycles. The van der Waals surface area contributed by atoms with E-state index < -0.39 is 0 Å². The van der Waals surface area contributed by atoms with E-state index in [1.165, 1.54) is 0 Å². The van der Waals surface area contributed by atoms with Crippen LogP contribution in [-0.4, -0.2) is 49.8 Å². The molecule has 0 aromatic carbocycles. The van der Waals surface area contributed by atoms with Gasteiger partial charge in [-0.3, -0.25) is 0 Å². The predicted octanol–water partition coefficient (Wildman–Crippen LogP) is -0.234. The van der Waals surface area contributed by atoms with E-state index in [4.69, 9.17) is 10.5 Å². The van der Waals surface area contributed by atoms with Crippen LogP contribution in [0.15, 0.2) is 0 Å². The highest BCUT2D eigenvalue weighted by Crippen LogP contribution is 1.99. The van der Waals surface area contributed by atoms with Gasteiger partial charge in [-0.25, -0.2) is 4.79 Å². The van der Waals surface area contributed by atoms with Crippen molar-refractivity contribution in [2.45, 2.75) is 19.4 Å². The van der Waals surface area contributed by atoms with Crippen molar-refractivity contribution in [3.63, 3.8) is 0 Å². The maximum Gasteiger partial charge on any atom is 0.317 e. The highest BCUT2D eigenvalue weighted by Gasteiger charge is 2.16. The van der Waals surface area contributed by atoms with E-state index in [2.05, 4.69) is 5.32 Å². The summed E-state index contributed by atoms with van der Waals surface area (Å²) in [5.74, 6) is 0. The molecule has 0 aromatic rings. The molecule has 82 valence electrons.